The summed E-state index contributed by atoms with van der Waals surface area (Å²) in [6.07, 6.45) is 0.140. The van der Waals surface area contributed by atoms with E-state index in [4.69, 9.17) is 5.11 Å². The van der Waals surface area contributed by atoms with Gasteiger partial charge in [0.15, 0.2) is 6.04 Å². The lowest BCUT2D eigenvalue weighted by molar-refractivity contribution is -0.146. The summed E-state index contributed by atoms with van der Waals surface area (Å²) in [5.41, 5.74) is 0.817. The third kappa shape index (κ3) is 4.46. The summed E-state index contributed by atoms with van der Waals surface area (Å²) in [6, 6.07) is 6.24. The van der Waals surface area contributed by atoms with Crippen LogP contribution >= 0.6 is 15.9 Å². The van der Waals surface area contributed by atoms with E-state index in [0.717, 1.165) is 10.0 Å². The number of carbonyl (C=O) groups is 2. The minimum atomic E-state index is -1.02. The van der Waals surface area contributed by atoms with Gasteiger partial charge in [0.1, 0.15) is 0 Å². The lowest BCUT2D eigenvalue weighted by Crippen LogP contribution is -2.44. The van der Waals surface area contributed by atoms with Crippen molar-refractivity contribution in [2.45, 2.75) is 12.5 Å². The zero-order valence-corrected chi connectivity index (χ0v) is 11.4. The van der Waals surface area contributed by atoms with E-state index in [1.165, 1.54) is 7.11 Å². The molecule has 0 saturated heterocycles. The molecule has 0 saturated carbocycles. The molecule has 0 unspecified atom stereocenters. The second-order valence-electron chi connectivity index (χ2n) is 3.63. The van der Waals surface area contributed by atoms with Crippen molar-refractivity contribution in [2.24, 2.45) is 0 Å². The van der Waals surface area contributed by atoms with Crippen LogP contribution in [0.2, 0.25) is 0 Å². The average molecular weight is 316 g/mol. The van der Waals surface area contributed by atoms with Crippen molar-refractivity contribution < 1.29 is 19.4 Å². The van der Waals surface area contributed by atoms with Gasteiger partial charge in [0.2, 0.25) is 5.91 Å². The molecule has 1 atom stereocenters. The minimum absolute atomic E-state index is 0.140. The van der Waals surface area contributed by atoms with Crippen LogP contribution in [0.15, 0.2) is 28.7 Å². The van der Waals surface area contributed by atoms with Crippen LogP contribution in [-0.4, -0.2) is 36.7 Å². The van der Waals surface area contributed by atoms with E-state index < -0.39 is 18.6 Å². The van der Waals surface area contributed by atoms with Crippen molar-refractivity contribution in [3.8, 4) is 0 Å². The Morgan fingerprint density at radius 2 is 2.00 bits per heavy atom. The van der Waals surface area contributed by atoms with Gasteiger partial charge in [0.25, 0.3) is 0 Å². The first-order valence-electron chi connectivity index (χ1n) is 5.29. The van der Waals surface area contributed by atoms with Crippen molar-refractivity contribution in [3.05, 3.63) is 34.3 Å². The van der Waals surface area contributed by atoms with Crippen molar-refractivity contribution in [1.29, 1.82) is 0 Å². The van der Waals surface area contributed by atoms with Gasteiger partial charge < -0.3 is 15.2 Å². The van der Waals surface area contributed by atoms with Gasteiger partial charge in [-0.1, -0.05) is 28.1 Å². The number of aliphatic hydroxyl groups excluding tert-OH is 1. The number of amides is 1. The Kier molecular flexibility index (Phi) is 5.80. The van der Waals surface area contributed by atoms with E-state index in [0.29, 0.717) is 0 Å². The largest absolute Gasteiger partial charge is 0.467 e. The highest BCUT2D eigenvalue weighted by molar-refractivity contribution is 9.10. The second kappa shape index (κ2) is 7.13. The highest BCUT2D eigenvalue weighted by Crippen LogP contribution is 2.10. The van der Waals surface area contributed by atoms with Crippen molar-refractivity contribution >= 4 is 27.8 Å². The van der Waals surface area contributed by atoms with E-state index in [2.05, 4.69) is 26.0 Å². The van der Waals surface area contributed by atoms with E-state index in [9.17, 15) is 9.59 Å². The molecule has 18 heavy (non-hydrogen) atoms. The van der Waals surface area contributed by atoms with Gasteiger partial charge in [-0.2, -0.15) is 0 Å². The van der Waals surface area contributed by atoms with Gasteiger partial charge >= 0.3 is 5.97 Å². The van der Waals surface area contributed by atoms with Crippen LogP contribution in [0.1, 0.15) is 5.56 Å². The molecule has 1 aromatic rings. The predicted molar refractivity (Wildman–Crippen MR) is 68.9 cm³/mol. The molecule has 6 heteroatoms. The highest BCUT2D eigenvalue weighted by Gasteiger charge is 2.20. The van der Waals surface area contributed by atoms with Gasteiger partial charge in [-0.15, -0.1) is 0 Å². The molecule has 0 radical (unpaired) electrons. The van der Waals surface area contributed by atoms with Gasteiger partial charge in [0.05, 0.1) is 20.1 Å². The molecule has 2 N–H and O–H groups in total. The van der Waals surface area contributed by atoms with Crippen molar-refractivity contribution in [2.75, 3.05) is 13.7 Å². The maximum absolute atomic E-state index is 11.6. The van der Waals surface area contributed by atoms with Gasteiger partial charge in [-0.05, 0) is 17.7 Å². The molecule has 98 valence electrons. The van der Waals surface area contributed by atoms with E-state index >= 15 is 0 Å². The fourth-order valence-corrected chi connectivity index (χ4v) is 1.62. The lowest BCUT2D eigenvalue weighted by atomic mass is 10.1. The molecule has 0 heterocycles. The Morgan fingerprint density at radius 3 is 2.50 bits per heavy atom. The lowest BCUT2D eigenvalue weighted by Gasteiger charge is -2.13. The molecular formula is C12H14BrNO4. The number of methoxy groups -OCH3 is 1. The molecule has 0 aliphatic heterocycles. The number of benzene rings is 1. The number of aliphatic hydroxyl groups is 1. The molecule has 0 aliphatic carbocycles. The van der Waals surface area contributed by atoms with Crippen LogP contribution in [0, 0.1) is 0 Å². The van der Waals surface area contributed by atoms with Crippen LogP contribution < -0.4 is 5.32 Å². The maximum atomic E-state index is 11.6. The standard InChI is InChI=1S/C12H14BrNO4/c1-18-12(17)10(7-15)14-11(16)6-8-2-4-9(13)5-3-8/h2-5,10,15H,6-7H2,1H3,(H,14,16)/t10-/m1/s1. The Hall–Kier alpha value is -1.40. The summed E-state index contributed by atoms with van der Waals surface area (Å²) in [6.45, 7) is -0.487. The first-order chi connectivity index (χ1) is 8.56. The smallest absolute Gasteiger partial charge is 0.330 e. The molecule has 5 nitrogen and oxygen atoms in total. The van der Waals surface area contributed by atoms with Crippen LogP contribution in [0.5, 0.6) is 0 Å². The molecule has 0 fully saturated rings. The van der Waals surface area contributed by atoms with Crippen LogP contribution in [-0.2, 0) is 20.7 Å². The Bertz CT molecular complexity index is 419. The van der Waals surface area contributed by atoms with E-state index in [1.807, 2.05) is 12.1 Å². The topological polar surface area (TPSA) is 75.6 Å². The summed E-state index contributed by atoms with van der Waals surface area (Å²) in [5, 5.41) is 11.4. The molecule has 0 aliphatic rings. The molecule has 0 aromatic heterocycles. The Morgan fingerprint density at radius 1 is 1.39 bits per heavy atom. The fraction of sp³-hybridized carbons (Fsp3) is 0.333. The summed E-state index contributed by atoms with van der Waals surface area (Å²) in [4.78, 5) is 22.8. The SMILES string of the molecule is COC(=O)[C@@H](CO)NC(=O)Cc1ccc(Br)cc1. The summed E-state index contributed by atoms with van der Waals surface area (Å²) in [7, 11) is 1.20. The summed E-state index contributed by atoms with van der Waals surface area (Å²) >= 11 is 3.30. The predicted octanol–water partition coefficient (Wildman–Crippen LogP) is 0.642. The normalized spacial score (nSPS) is 11.7. The van der Waals surface area contributed by atoms with E-state index in [-0.39, 0.29) is 12.3 Å². The third-order valence-electron chi connectivity index (χ3n) is 2.28. The van der Waals surface area contributed by atoms with Crippen LogP contribution in [0.3, 0.4) is 0 Å². The molecule has 1 amide bonds. The minimum Gasteiger partial charge on any atom is -0.467 e. The summed E-state index contributed by atoms with van der Waals surface area (Å²) < 4.78 is 5.38. The number of nitrogens with one attached hydrogen (secondary N) is 1. The Labute approximate surface area is 113 Å². The number of esters is 1. The zero-order valence-electron chi connectivity index (χ0n) is 9.85. The number of ether oxygens (including phenoxy) is 1. The number of hydrogen-bond acceptors (Lipinski definition) is 4. The number of halogens is 1. The first kappa shape index (κ1) is 14.7. The van der Waals surface area contributed by atoms with E-state index in [1.54, 1.807) is 12.1 Å². The number of hydrogen-bond donors (Lipinski definition) is 2. The molecule has 0 bridgehead atoms. The quantitative estimate of drug-likeness (QED) is 0.782. The first-order valence-corrected chi connectivity index (χ1v) is 6.08. The Balaban J connectivity index is 2.55. The van der Waals surface area contributed by atoms with Crippen LogP contribution in [0.25, 0.3) is 0 Å². The summed E-state index contributed by atoms with van der Waals surface area (Å²) in [5.74, 6) is -1.01. The van der Waals surface area contributed by atoms with Gasteiger partial charge in [-0.3, -0.25) is 4.79 Å². The van der Waals surface area contributed by atoms with Gasteiger partial charge in [0, 0.05) is 4.47 Å². The molecular weight excluding hydrogens is 302 g/mol. The average Bonchev–Trinajstić information content (AvgIpc) is 2.37. The molecule has 0 spiro atoms. The number of rotatable bonds is 5. The van der Waals surface area contributed by atoms with Crippen LogP contribution in [0.4, 0.5) is 0 Å². The second-order valence-corrected chi connectivity index (χ2v) is 4.54. The molecule has 1 rings (SSSR count). The number of carbonyl (C=O) groups excluding carboxylic acids is 2. The fourth-order valence-electron chi connectivity index (χ4n) is 1.35. The molecule has 1 aromatic carbocycles. The van der Waals surface area contributed by atoms with Crippen molar-refractivity contribution in [1.82, 2.24) is 5.32 Å². The van der Waals surface area contributed by atoms with Gasteiger partial charge in [-0.25, -0.2) is 4.79 Å². The maximum Gasteiger partial charge on any atom is 0.330 e. The monoisotopic (exact) mass is 315 g/mol. The third-order valence-corrected chi connectivity index (χ3v) is 2.81. The zero-order chi connectivity index (χ0) is 13.5. The van der Waals surface area contributed by atoms with Crippen molar-refractivity contribution in [3.63, 3.8) is 0 Å². The highest BCUT2D eigenvalue weighted by atomic mass is 79.9.